The number of hydrogen-bond donors (Lipinski definition) is 1. The van der Waals surface area contributed by atoms with E-state index < -0.39 is 17.7 Å². The van der Waals surface area contributed by atoms with Crippen LogP contribution in [-0.2, 0) is 17.4 Å². The lowest BCUT2D eigenvalue weighted by atomic mass is 10.0. The largest absolute Gasteiger partial charge is 0.481 e. The van der Waals surface area contributed by atoms with E-state index in [9.17, 15) is 18.0 Å². The van der Waals surface area contributed by atoms with Gasteiger partial charge >= 0.3 is 12.1 Å². The number of aryl methyl sites for hydroxylation is 3. The quantitative estimate of drug-likeness (QED) is 0.262. The van der Waals surface area contributed by atoms with Gasteiger partial charge in [-0.05, 0) is 85.5 Å². The van der Waals surface area contributed by atoms with Crippen LogP contribution < -0.4 is 9.47 Å². The van der Waals surface area contributed by atoms with Crippen molar-refractivity contribution in [1.82, 2.24) is 4.98 Å². The number of rotatable bonds is 8. The fourth-order valence-electron chi connectivity index (χ4n) is 3.89. The van der Waals surface area contributed by atoms with Crippen LogP contribution in [-0.4, -0.2) is 16.1 Å². The third-order valence-electron chi connectivity index (χ3n) is 5.69. The molecule has 0 radical (unpaired) electrons. The molecule has 1 heterocycles. The standard InChI is InChI=1S/C29H24F3NO4/c1-18-12-24(36-23-8-5-20(19(2)14-23)6-10-28(34)35)16-25(13-18)37-27-9-7-22(29(30,31)32)15-26(27)21-4-3-11-33-17-21/h3-5,7-9,11-17H,6,10H2,1-2H3,(H,34,35). The molecule has 4 aromatic rings. The minimum absolute atomic E-state index is 0.0462. The zero-order valence-electron chi connectivity index (χ0n) is 20.2. The van der Waals surface area contributed by atoms with E-state index in [1.54, 1.807) is 36.5 Å². The summed E-state index contributed by atoms with van der Waals surface area (Å²) in [4.78, 5) is 14.9. The predicted molar refractivity (Wildman–Crippen MR) is 133 cm³/mol. The molecule has 1 aromatic heterocycles. The van der Waals surface area contributed by atoms with E-state index in [-0.39, 0.29) is 17.7 Å². The Bertz CT molecular complexity index is 1420. The number of alkyl halides is 3. The fraction of sp³-hybridized carbons (Fsp3) is 0.172. The third kappa shape index (κ3) is 6.67. The molecule has 0 saturated carbocycles. The molecule has 0 spiro atoms. The van der Waals surface area contributed by atoms with E-state index in [2.05, 4.69) is 4.98 Å². The fourth-order valence-corrected chi connectivity index (χ4v) is 3.89. The Morgan fingerprint density at radius 3 is 2.32 bits per heavy atom. The lowest BCUT2D eigenvalue weighted by Crippen LogP contribution is -2.05. The molecule has 1 N–H and O–H groups in total. The van der Waals surface area contributed by atoms with Crippen LogP contribution >= 0.6 is 0 Å². The zero-order valence-corrected chi connectivity index (χ0v) is 20.2. The van der Waals surface area contributed by atoms with Gasteiger partial charge in [-0.2, -0.15) is 13.2 Å². The topological polar surface area (TPSA) is 68.7 Å². The van der Waals surface area contributed by atoms with Crippen molar-refractivity contribution in [2.45, 2.75) is 32.9 Å². The molecule has 0 aliphatic heterocycles. The van der Waals surface area contributed by atoms with E-state index in [1.165, 1.54) is 12.3 Å². The number of ether oxygens (including phenoxy) is 2. The van der Waals surface area contributed by atoms with Crippen LogP contribution in [0.15, 0.2) is 79.1 Å². The molecule has 4 rings (SSSR count). The van der Waals surface area contributed by atoms with Crippen molar-refractivity contribution in [1.29, 1.82) is 0 Å². The van der Waals surface area contributed by atoms with Crippen molar-refractivity contribution in [2.75, 3.05) is 0 Å². The van der Waals surface area contributed by atoms with Gasteiger partial charge in [0.15, 0.2) is 0 Å². The summed E-state index contributed by atoms with van der Waals surface area (Å²) in [6, 6.07) is 17.3. The van der Waals surface area contributed by atoms with Gasteiger partial charge in [0.2, 0.25) is 0 Å². The highest BCUT2D eigenvalue weighted by molar-refractivity contribution is 5.71. The molecule has 0 amide bonds. The maximum Gasteiger partial charge on any atom is 0.416 e. The average molecular weight is 508 g/mol. The van der Waals surface area contributed by atoms with Crippen LogP contribution in [0.5, 0.6) is 23.0 Å². The molecule has 0 aliphatic carbocycles. The minimum Gasteiger partial charge on any atom is -0.481 e. The highest BCUT2D eigenvalue weighted by Gasteiger charge is 2.31. The monoisotopic (exact) mass is 507 g/mol. The number of aromatic nitrogens is 1. The van der Waals surface area contributed by atoms with Crippen molar-refractivity contribution in [3.8, 4) is 34.1 Å². The number of benzene rings is 3. The highest BCUT2D eigenvalue weighted by Crippen LogP contribution is 2.39. The van der Waals surface area contributed by atoms with Gasteiger partial charge < -0.3 is 14.6 Å². The third-order valence-corrected chi connectivity index (χ3v) is 5.69. The van der Waals surface area contributed by atoms with Crippen LogP contribution in [0.25, 0.3) is 11.1 Å². The number of carboxylic acids is 1. The molecule has 0 saturated heterocycles. The summed E-state index contributed by atoms with van der Waals surface area (Å²) in [6.07, 6.45) is -1.00. The summed E-state index contributed by atoms with van der Waals surface area (Å²) < 4.78 is 52.2. The molecule has 3 aromatic carbocycles. The van der Waals surface area contributed by atoms with Gasteiger partial charge in [0, 0.05) is 36.0 Å². The normalized spacial score (nSPS) is 11.3. The Morgan fingerprint density at radius 1 is 0.919 bits per heavy atom. The second-order valence-corrected chi connectivity index (χ2v) is 8.62. The second-order valence-electron chi connectivity index (χ2n) is 8.62. The number of hydrogen-bond acceptors (Lipinski definition) is 4. The van der Waals surface area contributed by atoms with Gasteiger partial charge in [0.05, 0.1) is 5.56 Å². The van der Waals surface area contributed by atoms with Crippen LogP contribution in [0.2, 0.25) is 0 Å². The summed E-state index contributed by atoms with van der Waals surface area (Å²) in [6.45, 7) is 3.74. The first-order valence-corrected chi connectivity index (χ1v) is 11.5. The molecular formula is C29H24F3NO4. The smallest absolute Gasteiger partial charge is 0.416 e. The van der Waals surface area contributed by atoms with Gasteiger partial charge in [-0.25, -0.2) is 0 Å². The van der Waals surface area contributed by atoms with Crippen LogP contribution in [0, 0.1) is 13.8 Å². The number of aliphatic carboxylic acids is 1. The van der Waals surface area contributed by atoms with Gasteiger partial charge in [-0.3, -0.25) is 9.78 Å². The van der Waals surface area contributed by atoms with Crippen LogP contribution in [0.1, 0.15) is 28.7 Å². The van der Waals surface area contributed by atoms with Crippen molar-refractivity contribution in [2.24, 2.45) is 0 Å². The lowest BCUT2D eigenvalue weighted by Gasteiger charge is -2.16. The molecule has 0 aliphatic rings. The Kier molecular flexibility index (Phi) is 7.47. The summed E-state index contributed by atoms with van der Waals surface area (Å²) in [5, 5.41) is 8.91. The molecule has 8 heteroatoms. The van der Waals surface area contributed by atoms with Crippen LogP contribution in [0.3, 0.4) is 0 Å². The summed E-state index contributed by atoms with van der Waals surface area (Å²) in [5.74, 6) is 0.846. The molecule has 5 nitrogen and oxygen atoms in total. The lowest BCUT2D eigenvalue weighted by molar-refractivity contribution is -0.138. The Morgan fingerprint density at radius 2 is 1.68 bits per heavy atom. The Balaban J connectivity index is 1.61. The molecule has 190 valence electrons. The van der Waals surface area contributed by atoms with Crippen molar-refractivity contribution < 1.29 is 32.5 Å². The van der Waals surface area contributed by atoms with Crippen molar-refractivity contribution in [3.63, 3.8) is 0 Å². The van der Waals surface area contributed by atoms with Crippen molar-refractivity contribution in [3.05, 3.63) is 101 Å². The second kappa shape index (κ2) is 10.7. The van der Waals surface area contributed by atoms with E-state index in [0.29, 0.717) is 29.2 Å². The Hall–Kier alpha value is -4.33. The summed E-state index contributed by atoms with van der Waals surface area (Å²) >= 11 is 0. The van der Waals surface area contributed by atoms with Gasteiger partial charge in [0.25, 0.3) is 0 Å². The molecule has 0 bridgehead atoms. The number of pyridine rings is 1. The van der Waals surface area contributed by atoms with E-state index in [0.717, 1.165) is 28.8 Å². The number of nitrogens with zero attached hydrogens (tertiary/aromatic N) is 1. The zero-order chi connectivity index (χ0) is 26.6. The SMILES string of the molecule is Cc1cc(Oc2ccc(CCC(=O)O)c(C)c2)cc(Oc2ccc(C(F)(F)F)cc2-c2cccnc2)c1. The first kappa shape index (κ1) is 25.8. The van der Waals surface area contributed by atoms with Gasteiger partial charge in [-0.1, -0.05) is 12.1 Å². The van der Waals surface area contributed by atoms with E-state index in [1.807, 2.05) is 32.0 Å². The predicted octanol–water partition coefficient (Wildman–Crippen LogP) is 7.99. The maximum atomic E-state index is 13.4. The van der Waals surface area contributed by atoms with Gasteiger partial charge in [-0.15, -0.1) is 0 Å². The van der Waals surface area contributed by atoms with E-state index in [4.69, 9.17) is 14.6 Å². The molecule has 37 heavy (non-hydrogen) atoms. The maximum absolute atomic E-state index is 13.4. The molecule has 0 fully saturated rings. The number of halogens is 3. The average Bonchev–Trinajstić information content (AvgIpc) is 2.83. The van der Waals surface area contributed by atoms with Crippen LogP contribution in [0.4, 0.5) is 13.2 Å². The molecular weight excluding hydrogens is 483 g/mol. The first-order chi connectivity index (χ1) is 17.6. The first-order valence-electron chi connectivity index (χ1n) is 11.5. The molecule has 0 atom stereocenters. The Labute approximate surface area is 212 Å². The minimum atomic E-state index is -4.50. The highest BCUT2D eigenvalue weighted by atomic mass is 19.4. The number of carbonyl (C=O) groups is 1. The van der Waals surface area contributed by atoms with Gasteiger partial charge in [0.1, 0.15) is 23.0 Å². The molecule has 0 unspecified atom stereocenters. The number of carboxylic acid groups (broad SMARTS) is 1. The summed E-state index contributed by atoms with van der Waals surface area (Å²) in [5.41, 5.74) is 2.64. The van der Waals surface area contributed by atoms with E-state index >= 15 is 0 Å². The summed E-state index contributed by atoms with van der Waals surface area (Å²) in [7, 11) is 0. The van der Waals surface area contributed by atoms with Crippen molar-refractivity contribution >= 4 is 5.97 Å².